The zero-order valence-corrected chi connectivity index (χ0v) is 14.5. The number of pyridine rings is 1. The summed E-state index contributed by atoms with van der Waals surface area (Å²) in [5.74, 6) is -1.65. The van der Waals surface area contributed by atoms with Crippen molar-refractivity contribution in [3.05, 3.63) is 58.9 Å². The van der Waals surface area contributed by atoms with E-state index in [-0.39, 0.29) is 25.0 Å². The van der Waals surface area contributed by atoms with Crippen molar-refractivity contribution in [3.63, 3.8) is 0 Å². The maximum atomic E-state index is 14.2. The summed E-state index contributed by atoms with van der Waals surface area (Å²) in [7, 11) is 0. The van der Waals surface area contributed by atoms with Gasteiger partial charge in [0.25, 0.3) is 0 Å². The molecule has 27 heavy (non-hydrogen) atoms. The number of amides is 3. The first-order chi connectivity index (χ1) is 13.0. The highest BCUT2D eigenvalue weighted by atomic mass is 19.1. The summed E-state index contributed by atoms with van der Waals surface area (Å²) in [6, 6.07) is 2.96. The molecule has 1 aromatic heterocycles. The molecule has 0 fully saturated rings. The highest BCUT2D eigenvalue weighted by molar-refractivity contribution is 5.94. The van der Waals surface area contributed by atoms with E-state index in [4.69, 9.17) is 0 Å². The second-order valence-corrected chi connectivity index (χ2v) is 6.79. The Bertz CT molecular complexity index is 919. The van der Waals surface area contributed by atoms with E-state index in [9.17, 15) is 18.4 Å². The Balaban J connectivity index is 1.46. The molecule has 6 nitrogen and oxygen atoms in total. The lowest BCUT2D eigenvalue weighted by atomic mass is 9.87. The minimum absolute atomic E-state index is 0.158. The van der Waals surface area contributed by atoms with Crippen LogP contribution in [0.15, 0.2) is 30.6 Å². The van der Waals surface area contributed by atoms with Crippen LogP contribution in [-0.4, -0.2) is 28.4 Å². The number of hydrogen-bond donors (Lipinski definition) is 2. The van der Waals surface area contributed by atoms with Crippen LogP contribution >= 0.6 is 0 Å². The average molecular weight is 372 g/mol. The number of benzene rings is 1. The van der Waals surface area contributed by atoms with E-state index in [0.717, 1.165) is 18.1 Å². The summed E-state index contributed by atoms with van der Waals surface area (Å²) in [5, 5.41) is 5.50. The fraction of sp³-hybridized carbons (Fsp3) is 0.316. The molecule has 4 rings (SSSR count). The molecule has 2 heterocycles. The Labute approximate surface area is 154 Å². The second kappa shape index (κ2) is 6.94. The monoisotopic (exact) mass is 372 g/mol. The van der Waals surface area contributed by atoms with Crippen LogP contribution in [0.3, 0.4) is 0 Å². The topological polar surface area (TPSA) is 74.3 Å². The van der Waals surface area contributed by atoms with Crippen molar-refractivity contribution >= 4 is 17.6 Å². The Morgan fingerprint density at radius 1 is 1.33 bits per heavy atom. The molecular weight excluding hydrogens is 354 g/mol. The van der Waals surface area contributed by atoms with Crippen LogP contribution in [0, 0.1) is 11.6 Å². The van der Waals surface area contributed by atoms with E-state index < -0.39 is 17.7 Å². The lowest BCUT2D eigenvalue weighted by Gasteiger charge is -2.30. The summed E-state index contributed by atoms with van der Waals surface area (Å²) >= 11 is 0. The SMILES string of the molecule is O=C(CN1Cc2cnccc2NC1=O)N[C@@H]1CCCc2cc(F)cc(F)c21. The van der Waals surface area contributed by atoms with Gasteiger partial charge >= 0.3 is 6.03 Å². The number of aryl methyl sites for hydroxylation is 1. The van der Waals surface area contributed by atoms with Crippen molar-refractivity contribution in [1.29, 1.82) is 0 Å². The number of carbonyl (C=O) groups excluding carboxylic acids is 2. The average Bonchev–Trinajstić information content (AvgIpc) is 2.62. The van der Waals surface area contributed by atoms with Gasteiger partial charge < -0.3 is 15.5 Å². The van der Waals surface area contributed by atoms with Gasteiger partial charge in [-0.05, 0) is 37.0 Å². The van der Waals surface area contributed by atoms with Crippen LogP contribution in [0.2, 0.25) is 0 Å². The van der Waals surface area contributed by atoms with Gasteiger partial charge in [0, 0.05) is 29.6 Å². The lowest BCUT2D eigenvalue weighted by molar-refractivity contribution is -0.122. The summed E-state index contributed by atoms with van der Waals surface area (Å²) in [6.45, 7) is 0.109. The van der Waals surface area contributed by atoms with E-state index in [1.807, 2.05) is 0 Å². The van der Waals surface area contributed by atoms with Crippen molar-refractivity contribution in [2.24, 2.45) is 0 Å². The van der Waals surface area contributed by atoms with Gasteiger partial charge in [-0.15, -0.1) is 0 Å². The number of rotatable bonds is 3. The van der Waals surface area contributed by atoms with Gasteiger partial charge in [0.15, 0.2) is 0 Å². The molecule has 0 saturated heterocycles. The van der Waals surface area contributed by atoms with Crippen molar-refractivity contribution in [2.45, 2.75) is 31.8 Å². The van der Waals surface area contributed by atoms with Crippen LogP contribution in [-0.2, 0) is 17.8 Å². The smallest absolute Gasteiger partial charge is 0.322 e. The zero-order valence-electron chi connectivity index (χ0n) is 14.5. The van der Waals surface area contributed by atoms with Crippen molar-refractivity contribution in [3.8, 4) is 0 Å². The molecule has 3 amide bonds. The van der Waals surface area contributed by atoms with Gasteiger partial charge in [0.1, 0.15) is 18.2 Å². The van der Waals surface area contributed by atoms with Gasteiger partial charge in [0.2, 0.25) is 5.91 Å². The van der Waals surface area contributed by atoms with E-state index in [1.54, 1.807) is 18.5 Å². The predicted octanol–water partition coefficient (Wildman–Crippen LogP) is 2.90. The Morgan fingerprint density at radius 3 is 3.04 bits per heavy atom. The van der Waals surface area contributed by atoms with Crippen molar-refractivity contribution < 1.29 is 18.4 Å². The third-order valence-corrected chi connectivity index (χ3v) is 4.93. The van der Waals surface area contributed by atoms with Crippen LogP contribution in [0.1, 0.15) is 35.6 Å². The van der Waals surface area contributed by atoms with E-state index >= 15 is 0 Å². The normalized spacial score (nSPS) is 18.4. The number of urea groups is 1. The maximum Gasteiger partial charge on any atom is 0.322 e. The summed E-state index contributed by atoms with van der Waals surface area (Å²) in [4.78, 5) is 30.1. The van der Waals surface area contributed by atoms with Gasteiger partial charge in [-0.1, -0.05) is 0 Å². The Hall–Kier alpha value is -3.03. The number of nitrogens with one attached hydrogen (secondary N) is 2. The molecule has 0 spiro atoms. The van der Waals surface area contributed by atoms with Crippen LogP contribution in [0.4, 0.5) is 19.3 Å². The number of aromatic nitrogens is 1. The highest BCUT2D eigenvalue weighted by Crippen LogP contribution is 2.32. The van der Waals surface area contributed by atoms with Gasteiger partial charge in [-0.2, -0.15) is 0 Å². The maximum absolute atomic E-state index is 14.2. The minimum Gasteiger partial charge on any atom is -0.348 e. The molecule has 1 aliphatic heterocycles. The van der Waals surface area contributed by atoms with E-state index in [0.29, 0.717) is 29.7 Å². The molecule has 1 atom stereocenters. The molecule has 0 radical (unpaired) electrons. The zero-order chi connectivity index (χ0) is 19.0. The predicted molar refractivity (Wildman–Crippen MR) is 93.8 cm³/mol. The number of hydrogen-bond acceptors (Lipinski definition) is 3. The molecule has 1 aliphatic carbocycles. The number of nitrogens with zero attached hydrogens (tertiary/aromatic N) is 2. The van der Waals surface area contributed by atoms with Gasteiger partial charge in [0.05, 0.1) is 18.3 Å². The number of anilines is 1. The first-order valence-corrected chi connectivity index (χ1v) is 8.77. The standard InChI is InChI=1S/C19H18F2N4O2/c20-13-6-11-2-1-3-16(18(11)14(21)7-13)23-17(26)10-25-9-12-8-22-5-4-15(12)24-19(25)27/h4-8,16H,1-3,9-10H2,(H,23,26)(H,24,27)/t16-/m1/s1. The Morgan fingerprint density at radius 2 is 2.19 bits per heavy atom. The molecule has 2 N–H and O–H groups in total. The number of carbonyl (C=O) groups is 2. The largest absolute Gasteiger partial charge is 0.348 e. The molecule has 140 valence electrons. The van der Waals surface area contributed by atoms with Gasteiger partial charge in [-0.25, -0.2) is 13.6 Å². The van der Waals surface area contributed by atoms with Crippen molar-refractivity contribution in [2.75, 3.05) is 11.9 Å². The third-order valence-electron chi connectivity index (χ3n) is 4.93. The molecule has 1 aromatic carbocycles. The summed E-state index contributed by atoms with van der Waals surface area (Å²) in [5.41, 5.74) is 2.42. The van der Waals surface area contributed by atoms with E-state index in [1.165, 1.54) is 11.0 Å². The van der Waals surface area contributed by atoms with Gasteiger partial charge in [-0.3, -0.25) is 9.78 Å². The summed E-state index contributed by atoms with van der Waals surface area (Å²) < 4.78 is 27.7. The Kier molecular flexibility index (Phi) is 4.47. The number of halogens is 2. The molecule has 0 bridgehead atoms. The highest BCUT2D eigenvalue weighted by Gasteiger charge is 2.28. The molecule has 0 unspecified atom stereocenters. The lowest BCUT2D eigenvalue weighted by Crippen LogP contribution is -2.45. The first-order valence-electron chi connectivity index (χ1n) is 8.77. The summed E-state index contributed by atoms with van der Waals surface area (Å²) in [6.07, 6.45) is 5.10. The molecule has 2 aromatic rings. The first kappa shape index (κ1) is 17.4. The minimum atomic E-state index is -0.647. The van der Waals surface area contributed by atoms with Crippen LogP contribution in [0.5, 0.6) is 0 Å². The molecule has 2 aliphatic rings. The third kappa shape index (κ3) is 3.47. The fourth-order valence-electron chi connectivity index (χ4n) is 3.71. The molecule has 0 saturated carbocycles. The molecule has 8 heteroatoms. The van der Waals surface area contributed by atoms with Crippen LogP contribution in [0.25, 0.3) is 0 Å². The van der Waals surface area contributed by atoms with E-state index in [2.05, 4.69) is 15.6 Å². The van der Waals surface area contributed by atoms with Crippen LogP contribution < -0.4 is 10.6 Å². The fourth-order valence-corrected chi connectivity index (χ4v) is 3.71. The second-order valence-electron chi connectivity index (χ2n) is 6.79. The number of fused-ring (bicyclic) bond motifs is 2. The quantitative estimate of drug-likeness (QED) is 0.870. The molecular formula is C19H18F2N4O2. The van der Waals surface area contributed by atoms with Crippen molar-refractivity contribution in [1.82, 2.24) is 15.2 Å².